The Morgan fingerprint density at radius 1 is 1.21 bits per heavy atom. The number of rotatable bonds is 4. The molecule has 6 nitrogen and oxygen atoms in total. The maximum absolute atomic E-state index is 12.1. The van der Waals surface area contributed by atoms with Crippen molar-refractivity contribution in [1.29, 1.82) is 0 Å². The van der Waals surface area contributed by atoms with Crippen LogP contribution in [-0.4, -0.2) is 45.8 Å². The fourth-order valence-electron chi connectivity index (χ4n) is 2.99. The molecule has 0 aliphatic carbocycles. The first-order valence-corrected chi connectivity index (χ1v) is 9.99. The molecule has 2 aromatic rings. The Hall–Kier alpha value is -2.34. The summed E-state index contributed by atoms with van der Waals surface area (Å²) in [7, 11) is 0. The van der Waals surface area contributed by atoms with Crippen LogP contribution in [0.2, 0.25) is 0 Å². The lowest BCUT2D eigenvalue weighted by Crippen LogP contribution is -2.44. The second kappa shape index (κ2) is 8.78. The lowest BCUT2D eigenvalue weighted by molar-refractivity contribution is 0.0126. The van der Waals surface area contributed by atoms with Gasteiger partial charge < -0.3 is 14.4 Å². The van der Waals surface area contributed by atoms with E-state index in [-0.39, 0.29) is 12.2 Å². The van der Waals surface area contributed by atoms with E-state index >= 15 is 0 Å². The average molecular weight is 404 g/mol. The number of aromatic nitrogens is 2. The first-order valence-electron chi connectivity index (χ1n) is 9.46. The Kier molecular flexibility index (Phi) is 6.39. The van der Waals surface area contributed by atoms with E-state index in [1.54, 1.807) is 17.3 Å². The summed E-state index contributed by atoms with van der Waals surface area (Å²) in [6.45, 7) is 6.84. The zero-order chi connectivity index (χ0) is 20.1. The monoisotopic (exact) mass is 403 g/mol. The molecule has 3 rings (SSSR count). The van der Waals surface area contributed by atoms with Crippen molar-refractivity contribution in [3.05, 3.63) is 42.2 Å². The summed E-state index contributed by atoms with van der Waals surface area (Å²) in [5.74, 6) is 1.73. The van der Waals surface area contributed by atoms with Crippen LogP contribution >= 0.6 is 11.6 Å². The van der Waals surface area contributed by atoms with Crippen molar-refractivity contribution < 1.29 is 14.3 Å². The number of nitrogens with zero attached hydrogens (tertiary/aromatic N) is 3. The summed E-state index contributed by atoms with van der Waals surface area (Å²) in [4.78, 5) is 22.7. The van der Waals surface area contributed by atoms with Crippen LogP contribution in [0.3, 0.4) is 0 Å². The molecule has 1 amide bonds. The molecule has 1 aromatic carbocycles. The molecule has 1 fully saturated rings. The molecule has 150 valence electrons. The minimum Gasteiger partial charge on any atom is -0.487 e. The van der Waals surface area contributed by atoms with Gasteiger partial charge in [0.15, 0.2) is 11.6 Å². The Bertz CT molecular complexity index is 797. The van der Waals surface area contributed by atoms with Crippen LogP contribution in [0.1, 0.15) is 39.2 Å². The van der Waals surface area contributed by atoms with E-state index in [1.807, 2.05) is 45.0 Å². The molecule has 2 heterocycles. The first-order chi connectivity index (χ1) is 13.3. The van der Waals surface area contributed by atoms with Gasteiger partial charge in [-0.3, -0.25) is 0 Å². The average Bonchev–Trinajstić information content (AvgIpc) is 2.68. The largest absolute Gasteiger partial charge is 0.487 e. The zero-order valence-electron chi connectivity index (χ0n) is 16.5. The maximum Gasteiger partial charge on any atom is 0.410 e. The van der Waals surface area contributed by atoms with E-state index in [9.17, 15) is 4.79 Å². The number of hydrogen-bond donors (Lipinski definition) is 0. The van der Waals surface area contributed by atoms with Crippen LogP contribution in [0.4, 0.5) is 4.79 Å². The van der Waals surface area contributed by atoms with Crippen LogP contribution in [-0.2, 0) is 10.6 Å². The summed E-state index contributed by atoms with van der Waals surface area (Å²) in [6.07, 6.45) is 4.65. The minimum atomic E-state index is -0.479. The van der Waals surface area contributed by atoms with E-state index in [0.29, 0.717) is 30.5 Å². The number of amides is 1. The third kappa shape index (κ3) is 5.58. The third-order valence-corrected chi connectivity index (χ3v) is 4.67. The number of carbonyl (C=O) groups excluding carboxylic acids is 1. The number of alkyl halides is 1. The highest BCUT2D eigenvalue weighted by Crippen LogP contribution is 2.22. The van der Waals surface area contributed by atoms with Crippen LogP contribution in [0.15, 0.2) is 36.7 Å². The van der Waals surface area contributed by atoms with Crippen molar-refractivity contribution in [3.8, 4) is 17.1 Å². The van der Waals surface area contributed by atoms with Crippen LogP contribution in [0, 0.1) is 0 Å². The fraction of sp³-hybridized carbons (Fsp3) is 0.476. The van der Waals surface area contributed by atoms with Crippen LogP contribution < -0.4 is 4.74 Å². The van der Waals surface area contributed by atoms with Gasteiger partial charge in [-0.25, -0.2) is 14.8 Å². The van der Waals surface area contributed by atoms with Crippen molar-refractivity contribution >= 4 is 17.7 Å². The lowest BCUT2D eigenvalue weighted by atomic mass is 10.1. The molecule has 28 heavy (non-hydrogen) atoms. The molecule has 0 unspecified atom stereocenters. The quantitative estimate of drug-likeness (QED) is 0.694. The van der Waals surface area contributed by atoms with Crippen molar-refractivity contribution in [1.82, 2.24) is 14.9 Å². The normalized spacial score (nSPS) is 15.4. The third-order valence-electron chi connectivity index (χ3n) is 4.36. The van der Waals surface area contributed by atoms with Gasteiger partial charge >= 0.3 is 6.09 Å². The van der Waals surface area contributed by atoms with Crippen molar-refractivity contribution in [2.24, 2.45) is 0 Å². The number of halogens is 1. The summed E-state index contributed by atoms with van der Waals surface area (Å²) in [6, 6.07) is 7.85. The summed E-state index contributed by atoms with van der Waals surface area (Å²) in [5, 5.41) is 0. The Morgan fingerprint density at radius 2 is 1.89 bits per heavy atom. The molecule has 0 bridgehead atoms. The predicted molar refractivity (Wildman–Crippen MR) is 108 cm³/mol. The highest BCUT2D eigenvalue weighted by atomic mass is 35.5. The molecule has 7 heteroatoms. The molecule has 1 aromatic heterocycles. The van der Waals surface area contributed by atoms with E-state index in [1.165, 1.54) is 0 Å². The van der Waals surface area contributed by atoms with Gasteiger partial charge in [0.2, 0.25) is 0 Å². The van der Waals surface area contributed by atoms with Crippen molar-refractivity contribution in [3.63, 3.8) is 0 Å². The van der Waals surface area contributed by atoms with Gasteiger partial charge in [-0.2, -0.15) is 0 Å². The lowest BCUT2D eigenvalue weighted by Gasteiger charge is -2.33. The smallest absolute Gasteiger partial charge is 0.410 e. The van der Waals surface area contributed by atoms with Gasteiger partial charge in [0, 0.05) is 37.4 Å². The van der Waals surface area contributed by atoms with E-state index in [0.717, 1.165) is 24.0 Å². The molecule has 1 aliphatic heterocycles. The standard InChI is InChI=1S/C21H26ClN3O3/c1-21(2,3)28-20(26)25-9-7-17(8-10-25)27-18-13-23-19(24-14-18)16-6-4-5-15(11-16)12-22/h4-6,11,13-14,17H,7-10,12H2,1-3H3. The number of hydrogen-bond acceptors (Lipinski definition) is 5. The molecule has 0 N–H and O–H groups in total. The summed E-state index contributed by atoms with van der Waals surface area (Å²) < 4.78 is 11.4. The molecule has 0 saturated carbocycles. The van der Waals surface area contributed by atoms with E-state index in [4.69, 9.17) is 21.1 Å². The molecule has 1 aliphatic rings. The van der Waals surface area contributed by atoms with Gasteiger partial charge in [-0.05, 0) is 32.4 Å². The van der Waals surface area contributed by atoms with Gasteiger partial charge in [0.1, 0.15) is 11.7 Å². The van der Waals surface area contributed by atoms with E-state index in [2.05, 4.69) is 9.97 Å². The Labute approximate surface area is 170 Å². The maximum atomic E-state index is 12.1. The predicted octanol–water partition coefficient (Wildman–Crippen LogP) is 4.66. The van der Waals surface area contributed by atoms with E-state index < -0.39 is 5.60 Å². The van der Waals surface area contributed by atoms with Gasteiger partial charge in [-0.15, -0.1) is 11.6 Å². The van der Waals surface area contributed by atoms with Crippen LogP contribution in [0.5, 0.6) is 5.75 Å². The second-order valence-corrected chi connectivity index (χ2v) is 8.13. The summed E-state index contributed by atoms with van der Waals surface area (Å²) in [5.41, 5.74) is 1.47. The topological polar surface area (TPSA) is 64.5 Å². The Balaban J connectivity index is 1.53. The van der Waals surface area contributed by atoms with Gasteiger partial charge in [-0.1, -0.05) is 18.2 Å². The van der Waals surface area contributed by atoms with Gasteiger partial charge in [0.05, 0.1) is 12.4 Å². The number of carbonyl (C=O) groups is 1. The number of benzene rings is 1. The van der Waals surface area contributed by atoms with Crippen molar-refractivity contribution in [2.45, 2.75) is 51.2 Å². The molecule has 1 saturated heterocycles. The second-order valence-electron chi connectivity index (χ2n) is 7.86. The van der Waals surface area contributed by atoms with Gasteiger partial charge in [0.25, 0.3) is 0 Å². The molecule has 0 radical (unpaired) electrons. The molecular weight excluding hydrogens is 378 g/mol. The molecule has 0 spiro atoms. The molecule has 0 atom stereocenters. The minimum absolute atomic E-state index is 0.0349. The number of ether oxygens (including phenoxy) is 2. The number of likely N-dealkylation sites (tertiary alicyclic amines) is 1. The van der Waals surface area contributed by atoms with Crippen LogP contribution in [0.25, 0.3) is 11.4 Å². The first kappa shape index (κ1) is 20.4. The van der Waals surface area contributed by atoms with Crippen molar-refractivity contribution in [2.75, 3.05) is 13.1 Å². The summed E-state index contributed by atoms with van der Waals surface area (Å²) >= 11 is 5.89. The SMILES string of the molecule is CC(C)(C)OC(=O)N1CCC(Oc2cnc(-c3cccc(CCl)c3)nc2)CC1. The Morgan fingerprint density at radius 3 is 2.50 bits per heavy atom. The number of piperidine rings is 1. The highest BCUT2D eigenvalue weighted by molar-refractivity contribution is 6.17. The fourth-order valence-corrected chi connectivity index (χ4v) is 3.16. The zero-order valence-corrected chi connectivity index (χ0v) is 17.3. The highest BCUT2D eigenvalue weighted by Gasteiger charge is 2.27. The molecular formula is C21H26ClN3O3.